The molecular weight excluding hydrogens is 280 g/mol. The van der Waals surface area contributed by atoms with E-state index in [1.807, 2.05) is 7.05 Å². The first kappa shape index (κ1) is 15.9. The van der Waals surface area contributed by atoms with Crippen LogP contribution in [-0.4, -0.2) is 22.0 Å². The molecule has 0 unspecified atom stereocenters. The summed E-state index contributed by atoms with van der Waals surface area (Å²) >= 11 is 1.71. The second-order valence-electron chi connectivity index (χ2n) is 6.54. The van der Waals surface area contributed by atoms with Gasteiger partial charge in [0.2, 0.25) is 0 Å². The van der Waals surface area contributed by atoms with Crippen LogP contribution in [0, 0.1) is 0 Å². The molecule has 0 atom stereocenters. The van der Waals surface area contributed by atoms with Crippen LogP contribution in [0.2, 0.25) is 0 Å². The van der Waals surface area contributed by atoms with Gasteiger partial charge >= 0.3 is 0 Å². The highest BCUT2D eigenvalue weighted by atomic mass is 32.1. The van der Waals surface area contributed by atoms with Crippen molar-refractivity contribution in [3.05, 3.63) is 33.7 Å². The molecule has 0 aliphatic carbocycles. The Labute approximate surface area is 131 Å². The molecule has 2 heterocycles. The van der Waals surface area contributed by atoms with E-state index in [1.54, 1.807) is 17.7 Å². The van der Waals surface area contributed by atoms with E-state index >= 15 is 0 Å². The van der Waals surface area contributed by atoms with Crippen molar-refractivity contribution in [3.8, 4) is 0 Å². The Balaban J connectivity index is 2.33. The lowest BCUT2D eigenvalue weighted by molar-refractivity contribution is 0.571. The number of nitrogens with zero attached hydrogens (tertiary/aromatic N) is 3. The number of hydrogen-bond acceptors (Lipinski definition) is 5. The fraction of sp³-hybridized carbons (Fsp3) is 0.562. The molecule has 0 amide bonds. The van der Waals surface area contributed by atoms with E-state index in [-0.39, 0.29) is 5.41 Å². The van der Waals surface area contributed by atoms with Crippen LogP contribution in [0.25, 0.3) is 0 Å². The van der Waals surface area contributed by atoms with Gasteiger partial charge in [0, 0.05) is 29.8 Å². The zero-order valence-electron chi connectivity index (χ0n) is 13.7. The van der Waals surface area contributed by atoms with Crippen LogP contribution >= 0.6 is 11.3 Å². The van der Waals surface area contributed by atoms with Crippen molar-refractivity contribution < 1.29 is 0 Å². The molecule has 1 N–H and O–H groups in total. The third-order valence-corrected chi connectivity index (χ3v) is 4.27. The molecule has 0 radical (unpaired) electrons. The largest absolute Gasteiger partial charge is 0.373 e. The van der Waals surface area contributed by atoms with E-state index in [0.29, 0.717) is 5.92 Å². The van der Waals surface area contributed by atoms with Gasteiger partial charge in [0.25, 0.3) is 0 Å². The van der Waals surface area contributed by atoms with E-state index in [1.165, 1.54) is 5.56 Å². The fourth-order valence-corrected chi connectivity index (χ4v) is 3.28. The van der Waals surface area contributed by atoms with Gasteiger partial charge in [-0.15, -0.1) is 11.3 Å². The molecule has 0 aliphatic heterocycles. The Bertz CT molecular complexity index is 611. The summed E-state index contributed by atoms with van der Waals surface area (Å²) in [7, 11) is 1.90. The molecule has 0 spiro atoms. The lowest BCUT2D eigenvalue weighted by atomic mass is 9.93. The molecule has 21 heavy (non-hydrogen) atoms. The standard InChI is InChI=1S/C16H24N4S/c1-10(2)14-11(18-9-19-15(14)17-6)7-13-20-12(8-21-13)16(3,4)5/h8-10H,7H2,1-6H3,(H,17,18,19). The van der Waals surface area contributed by atoms with Gasteiger partial charge in [-0.25, -0.2) is 15.0 Å². The van der Waals surface area contributed by atoms with Crippen LogP contribution in [0.5, 0.6) is 0 Å². The van der Waals surface area contributed by atoms with E-state index in [9.17, 15) is 0 Å². The maximum atomic E-state index is 4.77. The quantitative estimate of drug-likeness (QED) is 0.928. The third-order valence-electron chi connectivity index (χ3n) is 3.42. The van der Waals surface area contributed by atoms with Crippen LogP contribution < -0.4 is 5.32 Å². The molecule has 0 saturated heterocycles. The average molecular weight is 304 g/mol. The van der Waals surface area contributed by atoms with E-state index in [2.05, 4.69) is 55.3 Å². The monoisotopic (exact) mass is 304 g/mol. The molecule has 2 aromatic rings. The molecule has 2 aromatic heterocycles. The van der Waals surface area contributed by atoms with E-state index in [4.69, 9.17) is 4.98 Å². The summed E-state index contributed by atoms with van der Waals surface area (Å²) in [5, 5.41) is 6.44. The molecule has 0 aromatic carbocycles. The number of hydrogen-bond donors (Lipinski definition) is 1. The van der Waals surface area contributed by atoms with Gasteiger partial charge in [-0.2, -0.15) is 0 Å². The Hall–Kier alpha value is -1.49. The molecule has 0 aliphatic rings. The van der Waals surface area contributed by atoms with Gasteiger partial charge in [0.15, 0.2) is 0 Å². The topological polar surface area (TPSA) is 50.7 Å². The number of rotatable bonds is 4. The normalized spacial score (nSPS) is 12.0. The van der Waals surface area contributed by atoms with Crippen molar-refractivity contribution >= 4 is 17.2 Å². The number of aromatic nitrogens is 3. The Morgan fingerprint density at radius 3 is 2.48 bits per heavy atom. The molecule has 4 nitrogen and oxygen atoms in total. The minimum atomic E-state index is 0.0947. The molecule has 114 valence electrons. The highest BCUT2D eigenvalue weighted by Crippen LogP contribution is 2.29. The van der Waals surface area contributed by atoms with Crippen LogP contribution in [0.3, 0.4) is 0 Å². The number of nitrogens with one attached hydrogen (secondary N) is 1. The first-order chi connectivity index (χ1) is 9.82. The Kier molecular flexibility index (Phi) is 4.61. The number of anilines is 1. The molecular formula is C16H24N4S. The molecule has 0 bridgehead atoms. The van der Waals surface area contributed by atoms with Crippen molar-refractivity contribution in [2.24, 2.45) is 0 Å². The Morgan fingerprint density at radius 2 is 1.95 bits per heavy atom. The van der Waals surface area contributed by atoms with Crippen LogP contribution in [0.4, 0.5) is 5.82 Å². The SMILES string of the molecule is CNc1ncnc(Cc2nc(C(C)(C)C)cs2)c1C(C)C. The first-order valence-electron chi connectivity index (χ1n) is 7.29. The van der Waals surface area contributed by atoms with E-state index < -0.39 is 0 Å². The summed E-state index contributed by atoms with van der Waals surface area (Å²) in [5.41, 5.74) is 3.50. The van der Waals surface area contributed by atoms with Crippen molar-refractivity contribution in [1.29, 1.82) is 0 Å². The van der Waals surface area contributed by atoms with Gasteiger partial charge in [-0.3, -0.25) is 0 Å². The van der Waals surface area contributed by atoms with Crippen LogP contribution in [0.15, 0.2) is 11.7 Å². The molecule has 0 saturated carbocycles. The first-order valence-corrected chi connectivity index (χ1v) is 8.17. The lowest BCUT2D eigenvalue weighted by Crippen LogP contribution is -2.12. The second-order valence-corrected chi connectivity index (χ2v) is 7.48. The molecule has 5 heteroatoms. The van der Waals surface area contributed by atoms with Gasteiger partial charge in [0.1, 0.15) is 12.1 Å². The van der Waals surface area contributed by atoms with Crippen LogP contribution in [-0.2, 0) is 11.8 Å². The fourth-order valence-electron chi connectivity index (χ4n) is 2.26. The van der Waals surface area contributed by atoms with Gasteiger partial charge in [0.05, 0.1) is 16.4 Å². The zero-order valence-corrected chi connectivity index (χ0v) is 14.5. The van der Waals surface area contributed by atoms with Crippen LogP contribution in [0.1, 0.15) is 62.5 Å². The summed E-state index contributed by atoms with van der Waals surface area (Å²) in [4.78, 5) is 13.6. The minimum absolute atomic E-state index is 0.0947. The smallest absolute Gasteiger partial charge is 0.132 e. The molecule has 0 fully saturated rings. The summed E-state index contributed by atoms with van der Waals surface area (Å²) in [6.07, 6.45) is 2.40. The Morgan fingerprint density at radius 1 is 1.24 bits per heavy atom. The highest BCUT2D eigenvalue weighted by molar-refractivity contribution is 7.09. The van der Waals surface area contributed by atoms with Crippen molar-refractivity contribution in [2.75, 3.05) is 12.4 Å². The third kappa shape index (κ3) is 3.59. The number of thiazole rings is 1. The van der Waals surface area contributed by atoms with Gasteiger partial charge in [-0.1, -0.05) is 34.6 Å². The highest BCUT2D eigenvalue weighted by Gasteiger charge is 2.19. The van der Waals surface area contributed by atoms with Crippen molar-refractivity contribution in [1.82, 2.24) is 15.0 Å². The summed E-state index contributed by atoms with van der Waals surface area (Å²) in [6, 6.07) is 0. The predicted octanol–water partition coefficient (Wildman–Crippen LogP) is 3.99. The predicted molar refractivity (Wildman–Crippen MR) is 89.3 cm³/mol. The zero-order chi connectivity index (χ0) is 15.6. The van der Waals surface area contributed by atoms with E-state index in [0.717, 1.165) is 28.6 Å². The van der Waals surface area contributed by atoms with Crippen molar-refractivity contribution in [2.45, 2.75) is 52.4 Å². The second kappa shape index (κ2) is 6.10. The maximum absolute atomic E-state index is 4.77. The maximum Gasteiger partial charge on any atom is 0.132 e. The summed E-state index contributed by atoms with van der Waals surface area (Å²) in [6.45, 7) is 10.9. The summed E-state index contributed by atoms with van der Waals surface area (Å²) < 4.78 is 0. The average Bonchev–Trinajstić information content (AvgIpc) is 2.86. The van der Waals surface area contributed by atoms with Gasteiger partial charge in [-0.05, 0) is 5.92 Å². The summed E-state index contributed by atoms with van der Waals surface area (Å²) in [5.74, 6) is 1.30. The minimum Gasteiger partial charge on any atom is -0.373 e. The van der Waals surface area contributed by atoms with Crippen molar-refractivity contribution in [3.63, 3.8) is 0 Å². The van der Waals surface area contributed by atoms with Gasteiger partial charge < -0.3 is 5.32 Å². The lowest BCUT2D eigenvalue weighted by Gasteiger charge is -2.15. The molecule has 2 rings (SSSR count).